The van der Waals surface area contributed by atoms with Crippen LogP contribution in [0.2, 0.25) is 0 Å². The Bertz CT molecular complexity index is 754. The molecule has 0 unspecified atom stereocenters. The molecule has 7 heteroatoms. The molecule has 1 aliphatic rings. The lowest BCUT2D eigenvalue weighted by atomic mass is 10.1. The number of nitrogens with zero attached hydrogens (tertiary/aromatic N) is 1. The van der Waals surface area contributed by atoms with E-state index in [2.05, 4.69) is 0 Å². The number of β-amino-alcohol motifs (C(OH)–C–C–N with tert-alkyl or cyclic N) is 1. The number of hydrogen-bond donors (Lipinski definition) is 2. The number of nitrogens with two attached hydrogens (primary N) is 1. The summed E-state index contributed by atoms with van der Waals surface area (Å²) in [6.07, 6.45) is 1.07. The van der Waals surface area contributed by atoms with Crippen molar-refractivity contribution in [2.45, 2.75) is 25.0 Å². The second-order valence-electron chi connectivity index (χ2n) is 5.65. The molecule has 3 rings (SSSR count). The summed E-state index contributed by atoms with van der Waals surface area (Å²) < 4.78 is 10.6. The fraction of sp³-hybridized carbons (Fsp3) is 0.375. The molecule has 1 aromatic heterocycles. The van der Waals surface area contributed by atoms with Crippen molar-refractivity contribution in [3.8, 4) is 5.75 Å². The van der Waals surface area contributed by atoms with Gasteiger partial charge in [0.25, 0.3) is 0 Å². The molecule has 0 bridgehead atoms. The van der Waals surface area contributed by atoms with Gasteiger partial charge in [-0.2, -0.15) is 0 Å². The molecule has 0 saturated carbocycles. The van der Waals surface area contributed by atoms with Gasteiger partial charge in [-0.15, -0.1) is 0 Å². The Morgan fingerprint density at radius 3 is 2.96 bits per heavy atom. The molecule has 23 heavy (non-hydrogen) atoms. The zero-order valence-corrected chi connectivity index (χ0v) is 12.7. The Hall–Kier alpha value is -2.54. The van der Waals surface area contributed by atoms with Gasteiger partial charge in [0.15, 0.2) is 0 Å². The van der Waals surface area contributed by atoms with Crippen LogP contribution in [0.25, 0.3) is 11.0 Å². The third-order valence-electron chi connectivity index (χ3n) is 4.13. The minimum Gasteiger partial charge on any atom is -0.497 e. The molecular weight excluding hydrogens is 300 g/mol. The molecule has 1 fully saturated rings. The lowest BCUT2D eigenvalue weighted by molar-refractivity contribution is -0.136. The molecule has 2 atom stereocenters. The van der Waals surface area contributed by atoms with E-state index in [9.17, 15) is 14.7 Å². The van der Waals surface area contributed by atoms with Crippen LogP contribution >= 0.6 is 0 Å². The first-order valence-electron chi connectivity index (χ1n) is 7.30. The number of aliphatic hydroxyl groups is 1. The fourth-order valence-corrected chi connectivity index (χ4v) is 2.95. The Kier molecular flexibility index (Phi) is 3.96. The van der Waals surface area contributed by atoms with Crippen molar-refractivity contribution in [3.05, 3.63) is 30.0 Å². The van der Waals surface area contributed by atoms with Crippen LogP contribution in [0, 0.1) is 0 Å². The van der Waals surface area contributed by atoms with E-state index in [0.29, 0.717) is 11.3 Å². The summed E-state index contributed by atoms with van der Waals surface area (Å²) in [7, 11) is 1.57. The van der Waals surface area contributed by atoms with E-state index < -0.39 is 18.1 Å². The molecule has 7 nitrogen and oxygen atoms in total. The number of hydrogen-bond acceptors (Lipinski definition) is 5. The van der Waals surface area contributed by atoms with Gasteiger partial charge in [0.2, 0.25) is 11.8 Å². The van der Waals surface area contributed by atoms with Gasteiger partial charge in [0.1, 0.15) is 17.4 Å². The zero-order chi connectivity index (χ0) is 16.6. The first-order valence-corrected chi connectivity index (χ1v) is 7.30. The van der Waals surface area contributed by atoms with Crippen LogP contribution in [0.4, 0.5) is 0 Å². The van der Waals surface area contributed by atoms with Gasteiger partial charge < -0.3 is 24.9 Å². The van der Waals surface area contributed by atoms with E-state index in [-0.39, 0.29) is 25.3 Å². The van der Waals surface area contributed by atoms with Crippen molar-refractivity contribution in [3.63, 3.8) is 0 Å². The van der Waals surface area contributed by atoms with Gasteiger partial charge in [-0.3, -0.25) is 9.59 Å². The summed E-state index contributed by atoms with van der Waals surface area (Å²) in [5.41, 5.74) is 6.65. The summed E-state index contributed by atoms with van der Waals surface area (Å²) >= 11 is 0. The molecule has 3 N–H and O–H groups in total. The molecule has 1 aromatic carbocycles. The predicted molar refractivity (Wildman–Crippen MR) is 81.8 cm³/mol. The van der Waals surface area contributed by atoms with Gasteiger partial charge in [0.05, 0.1) is 25.9 Å². The van der Waals surface area contributed by atoms with Crippen LogP contribution in [0.15, 0.2) is 28.9 Å². The number of benzene rings is 1. The number of ether oxygens (including phenoxy) is 1. The standard InChI is InChI=1S/C16H18N2O5/c1-22-11-2-3-12-9(8-23-14(12)6-11)4-15(20)18-7-10(19)5-13(18)16(17)21/h2-3,6,8,10,13,19H,4-5,7H2,1H3,(H2,17,21)/t10-,13+/m1/s1. The maximum Gasteiger partial charge on any atom is 0.240 e. The second-order valence-corrected chi connectivity index (χ2v) is 5.65. The maximum atomic E-state index is 12.5. The van der Waals surface area contributed by atoms with E-state index in [1.165, 1.54) is 11.2 Å². The highest BCUT2D eigenvalue weighted by molar-refractivity contribution is 5.91. The number of carbonyl (C=O) groups excluding carboxylic acids is 2. The van der Waals surface area contributed by atoms with E-state index >= 15 is 0 Å². The molecule has 0 aliphatic carbocycles. The zero-order valence-electron chi connectivity index (χ0n) is 12.7. The van der Waals surface area contributed by atoms with Crippen molar-refractivity contribution in [1.82, 2.24) is 4.90 Å². The monoisotopic (exact) mass is 318 g/mol. The minimum atomic E-state index is -0.754. The molecule has 1 aliphatic heterocycles. The number of rotatable bonds is 4. The average molecular weight is 318 g/mol. The lowest BCUT2D eigenvalue weighted by Crippen LogP contribution is -2.44. The molecule has 2 amide bonds. The molecule has 2 aromatic rings. The maximum absolute atomic E-state index is 12.5. The van der Waals surface area contributed by atoms with Crippen LogP contribution in [0.3, 0.4) is 0 Å². The van der Waals surface area contributed by atoms with Gasteiger partial charge >= 0.3 is 0 Å². The minimum absolute atomic E-state index is 0.0792. The largest absolute Gasteiger partial charge is 0.497 e. The smallest absolute Gasteiger partial charge is 0.240 e. The summed E-state index contributed by atoms with van der Waals surface area (Å²) in [5, 5.41) is 10.5. The number of furan rings is 1. The van der Waals surface area contributed by atoms with Crippen LogP contribution in [0.1, 0.15) is 12.0 Å². The Labute approximate surface area is 132 Å². The van der Waals surface area contributed by atoms with Crippen LogP contribution in [-0.2, 0) is 16.0 Å². The number of carbonyl (C=O) groups is 2. The topological polar surface area (TPSA) is 106 Å². The molecule has 122 valence electrons. The lowest BCUT2D eigenvalue weighted by Gasteiger charge is -2.21. The van der Waals surface area contributed by atoms with Crippen molar-refractivity contribution in [2.24, 2.45) is 5.73 Å². The van der Waals surface area contributed by atoms with Crippen molar-refractivity contribution >= 4 is 22.8 Å². The van der Waals surface area contributed by atoms with Gasteiger partial charge in [-0.25, -0.2) is 0 Å². The molecule has 2 heterocycles. The van der Waals surface area contributed by atoms with Gasteiger partial charge in [0, 0.05) is 30.0 Å². The summed E-state index contributed by atoms with van der Waals surface area (Å²) in [4.78, 5) is 25.3. The molecule has 0 spiro atoms. The average Bonchev–Trinajstić information content (AvgIpc) is 3.10. The van der Waals surface area contributed by atoms with Crippen molar-refractivity contribution in [2.75, 3.05) is 13.7 Å². The van der Waals surface area contributed by atoms with Crippen molar-refractivity contribution in [1.29, 1.82) is 0 Å². The van der Waals surface area contributed by atoms with Crippen LogP contribution in [0.5, 0.6) is 5.75 Å². The summed E-state index contributed by atoms with van der Waals surface area (Å²) in [6, 6.07) is 4.60. The van der Waals surface area contributed by atoms with Crippen molar-refractivity contribution < 1.29 is 23.8 Å². The Morgan fingerprint density at radius 2 is 2.26 bits per heavy atom. The number of fused-ring (bicyclic) bond motifs is 1. The predicted octanol–water partition coefficient (Wildman–Crippen LogP) is 0.431. The first kappa shape index (κ1) is 15.4. The van der Waals surface area contributed by atoms with Crippen LogP contribution < -0.4 is 10.5 Å². The molecule has 1 saturated heterocycles. The number of likely N-dealkylation sites (tertiary alicyclic amines) is 1. The van der Waals surface area contributed by atoms with E-state index in [1.807, 2.05) is 6.07 Å². The number of amides is 2. The summed E-state index contributed by atoms with van der Waals surface area (Å²) in [5.74, 6) is -0.193. The Morgan fingerprint density at radius 1 is 1.48 bits per heavy atom. The third-order valence-corrected chi connectivity index (χ3v) is 4.13. The molecule has 0 radical (unpaired) electrons. The van der Waals surface area contributed by atoms with E-state index in [1.54, 1.807) is 19.2 Å². The quantitative estimate of drug-likeness (QED) is 0.850. The van der Waals surface area contributed by atoms with Crippen LogP contribution in [-0.4, -0.2) is 47.6 Å². The van der Waals surface area contributed by atoms with Gasteiger partial charge in [-0.05, 0) is 12.1 Å². The van der Waals surface area contributed by atoms with Gasteiger partial charge in [-0.1, -0.05) is 0 Å². The second kappa shape index (κ2) is 5.92. The van der Waals surface area contributed by atoms with E-state index in [4.69, 9.17) is 14.9 Å². The normalized spacial score (nSPS) is 20.9. The number of aliphatic hydroxyl groups excluding tert-OH is 1. The fourth-order valence-electron chi connectivity index (χ4n) is 2.95. The highest BCUT2D eigenvalue weighted by Crippen LogP contribution is 2.27. The molecular formula is C16H18N2O5. The highest BCUT2D eigenvalue weighted by Gasteiger charge is 2.37. The number of primary amides is 1. The first-order chi connectivity index (χ1) is 11.0. The Balaban J connectivity index is 1.81. The third kappa shape index (κ3) is 2.87. The highest BCUT2D eigenvalue weighted by atomic mass is 16.5. The number of methoxy groups -OCH3 is 1. The van der Waals surface area contributed by atoms with E-state index in [0.717, 1.165) is 10.9 Å². The SMILES string of the molecule is COc1ccc2c(CC(=O)N3C[C@H](O)C[C@H]3C(N)=O)coc2c1. The summed E-state index contributed by atoms with van der Waals surface area (Å²) in [6.45, 7) is 0.121.